The molecule has 2 aromatic rings. The molecule has 7 heteroatoms. The SMILES string of the molecule is S=c1oc(C2COc3ccccc3O2)nn1CN1CCCCC1. The van der Waals surface area contributed by atoms with Gasteiger partial charge in [-0.25, -0.2) is 4.68 Å². The molecule has 1 fully saturated rings. The monoisotopic (exact) mass is 333 g/mol. The highest BCUT2D eigenvalue weighted by Gasteiger charge is 2.27. The van der Waals surface area contributed by atoms with Crippen LogP contribution in [0.1, 0.15) is 31.3 Å². The molecule has 0 saturated carbocycles. The zero-order valence-electron chi connectivity index (χ0n) is 12.8. The number of ether oxygens (including phenoxy) is 2. The summed E-state index contributed by atoms with van der Waals surface area (Å²) in [5.74, 6) is 1.92. The van der Waals surface area contributed by atoms with E-state index in [0.29, 0.717) is 29.8 Å². The summed E-state index contributed by atoms with van der Waals surface area (Å²) in [5.41, 5.74) is 0. The van der Waals surface area contributed by atoms with Crippen LogP contribution in [0.3, 0.4) is 0 Å². The average molecular weight is 333 g/mol. The van der Waals surface area contributed by atoms with Crippen LogP contribution in [0.15, 0.2) is 28.7 Å². The molecule has 2 aliphatic rings. The highest BCUT2D eigenvalue weighted by atomic mass is 32.1. The predicted octanol–water partition coefficient (Wildman–Crippen LogP) is 3.16. The topological polar surface area (TPSA) is 52.7 Å². The van der Waals surface area contributed by atoms with Gasteiger partial charge in [0, 0.05) is 0 Å². The second-order valence-corrected chi connectivity index (χ2v) is 6.24. The van der Waals surface area contributed by atoms with Crippen molar-refractivity contribution in [2.24, 2.45) is 0 Å². The number of hydrogen-bond donors (Lipinski definition) is 0. The van der Waals surface area contributed by atoms with Crippen LogP contribution < -0.4 is 9.47 Å². The maximum atomic E-state index is 5.92. The van der Waals surface area contributed by atoms with E-state index in [1.54, 1.807) is 4.68 Å². The molecular formula is C16H19N3O3S. The minimum atomic E-state index is -0.366. The number of nitrogens with zero attached hydrogens (tertiary/aromatic N) is 3. The standard InChI is InChI=1S/C16H19N3O3S/c23-16-19(11-18-8-4-1-5-9-18)17-15(22-16)14-10-20-12-6-2-3-7-13(12)21-14/h2-3,6-7,14H,1,4-5,8-11H2. The normalized spacial score (nSPS) is 21.3. The summed E-state index contributed by atoms with van der Waals surface area (Å²) in [4.78, 5) is 2.73. The van der Waals surface area contributed by atoms with Gasteiger partial charge in [-0.15, -0.1) is 5.10 Å². The van der Waals surface area contributed by atoms with Crippen LogP contribution in [0.25, 0.3) is 0 Å². The third-order valence-electron chi connectivity index (χ3n) is 4.19. The maximum Gasteiger partial charge on any atom is 0.288 e. The summed E-state index contributed by atoms with van der Waals surface area (Å²) in [6, 6.07) is 7.59. The van der Waals surface area contributed by atoms with Crippen molar-refractivity contribution in [1.82, 2.24) is 14.7 Å². The van der Waals surface area contributed by atoms with Crippen LogP contribution in [0.4, 0.5) is 0 Å². The Balaban J connectivity index is 1.50. The molecule has 0 aliphatic carbocycles. The second-order valence-electron chi connectivity index (χ2n) is 5.89. The quantitative estimate of drug-likeness (QED) is 0.804. The Morgan fingerprint density at radius 3 is 2.74 bits per heavy atom. The molecule has 6 nitrogen and oxygen atoms in total. The summed E-state index contributed by atoms with van der Waals surface area (Å²) in [6.45, 7) is 3.21. The van der Waals surface area contributed by atoms with E-state index in [2.05, 4.69) is 10.00 Å². The van der Waals surface area contributed by atoms with Crippen LogP contribution in [0.5, 0.6) is 11.5 Å². The first-order chi connectivity index (χ1) is 11.3. The van der Waals surface area contributed by atoms with Gasteiger partial charge in [-0.3, -0.25) is 4.90 Å². The molecule has 0 amide bonds. The largest absolute Gasteiger partial charge is 0.485 e. The van der Waals surface area contributed by atoms with Crippen molar-refractivity contribution < 1.29 is 13.9 Å². The van der Waals surface area contributed by atoms with E-state index in [1.807, 2.05) is 24.3 Å². The number of likely N-dealkylation sites (tertiary alicyclic amines) is 1. The molecule has 23 heavy (non-hydrogen) atoms. The van der Waals surface area contributed by atoms with Crippen molar-refractivity contribution >= 4 is 12.2 Å². The van der Waals surface area contributed by atoms with E-state index >= 15 is 0 Å². The van der Waals surface area contributed by atoms with Gasteiger partial charge < -0.3 is 13.9 Å². The number of hydrogen-bond acceptors (Lipinski definition) is 6. The Labute approximate surface area is 139 Å². The number of fused-ring (bicyclic) bond motifs is 1. The van der Waals surface area contributed by atoms with Gasteiger partial charge in [-0.05, 0) is 50.3 Å². The van der Waals surface area contributed by atoms with Gasteiger partial charge in [0.1, 0.15) is 6.61 Å². The van der Waals surface area contributed by atoms with Gasteiger partial charge >= 0.3 is 0 Å². The molecule has 1 aromatic carbocycles. The zero-order valence-corrected chi connectivity index (χ0v) is 13.6. The lowest BCUT2D eigenvalue weighted by molar-refractivity contribution is 0.0706. The van der Waals surface area contributed by atoms with Crippen molar-refractivity contribution in [2.45, 2.75) is 32.0 Å². The Hall–Kier alpha value is -1.86. The molecule has 1 aromatic heterocycles. The van der Waals surface area contributed by atoms with Gasteiger partial charge in [-0.1, -0.05) is 18.6 Å². The van der Waals surface area contributed by atoms with E-state index in [0.717, 1.165) is 18.8 Å². The summed E-state index contributed by atoms with van der Waals surface area (Å²) < 4.78 is 19.0. The summed E-state index contributed by atoms with van der Waals surface area (Å²) >= 11 is 5.30. The molecule has 0 bridgehead atoms. The lowest BCUT2D eigenvalue weighted by Gasteiger charge is -2.25. The minimum absolute atomic E-state index is 0.366. The van der Waals surface area contributed by atoms with Crippen LogP contribution in [0, 0.1) is 4.84 Å². The Morgan fingerprint density at radius 2 is 1.91 bits per heavy atom. The fraction of sp³-hybridized carbons (Fsp3) is 0.500. The molecule has 0 radical (unpaired) electrons. The number of para-hydroxylation sites is 2. The molecule has 122 valence electrons. The third kappa shape index (κ3) is 3.11. The molecule has 3 heterocycles. The fourth-order valence-electron chi connectivity index (χ4n) is 2.97. The maximum absolute atomic E-state index is 5.92. The van der Waals surface area contributed by atoms with Crippen molar-refractivity contribution in [3.8, 4) is 11.5 Å². The third-order valence-corrected chi connectivity index (χ3v) is 4.48. The van der Waals surface area contributed by atoms with Crippen molar-refractivity contribution in [2.75, 3.05) is 19.7 Å². The average Bonchev–Trinajstić information content (AvgIpc) is 2.96. The molecule has 4 rings (SSSR count). The smallest absolute Gasteiger partial charge is 0.288 e. The summed E-state index contributed by atoms with van der Waals surface area (Å²) in [7, 11) is 0. The number of benzene rings is 1. The van der Waals surface area contributed by atoms with Gasteiger partial charge in [0.2, 0.25) is 6.10 Å². The molecule has 0 spiro atoms. The Kier molecular flexibility index (Phi) is 4.05. The van der Waals surface area contributed by atoms with Crippen LogP contribution in [0.2, 0.25) is 0 Å². The Morgan fingerprint density at radius 1 is 1.13 bits per heavy atom. The molecule has 1 atom stereocenters. The first-order valence-corrected chi connectivity index (χ1v) is 8.39. The molecule has 1 saturated heterocycles. The predicted molar refractivity (Wildman–Crippen MR) is 86.1 cm³/mol. The fourth-order valence-corrected chi connectivity index (χ4v) is 3.16. The first kappa shape index (κ1) is 14.7. The number of aromatic nitrogens is 2. The highest BCUT2D eigenvalue weighted by molar-refractivity contribution is 7.71. The first-order valence-electron chi connectivity index (χ1n) is 7.98. The zero-order chi connectivity index (χ0) is 15.6. The second kappa shape index (κ2) is 6.33. The van der Waals surface area contributed by atoms with Gasteiger partial charge in [-0.2, -0.15) is 0 Å². The van der Waals surface area contributed by atoms with E-state index in [-0.39, 0.29) is 6.10 Å². The number of rotatable bonds is 3. The molecule has 0 N–H and O–H groups in total. The van der Waals surface area contributed by atoms with Gasteiger partial charge in [0.05, 0.1) is 6.67 Å². The Bertz CT molecular complexity index is 736. The number of piperidine rings is 1. The van der Waals surface area contributed by atoms with Crippen LogP contribution in [-0.4, -0.2) is 34.4 Å². The van der Waals surface area contributed by atoms with E-state index in [4.69, 9.17) is 26.1 Å². The van der Waals surface area contributed by atoms with E-state index in [1.165, 1.54) is 19.3 Å². The molecular weight excluding hydrogens is 314 g/mol. The van der Waals surface area contributed by atoms with Gasteiger partial charge in [0.25, 0.3) is 10.7 Å². The van der Waals surface area contributed by atoms with E-state index in [9.17, 15) is 0 Å². The molecule has 2 aliphatic heterocycles. The summed E-state index contributed by atoms with van der Waals surface area (Å²) in [5, 5.41) is 4.50. The lowest BCUT2D eigenvalue weighted by atomic mass is 10.1. The van der Waals surface area contributed by atoms with Crippen LogP contribution in [-0.2, 0) is 6.67 Å². The van der Waals surface area contributed by atoms with Crippen molar-refractivity contribution in [3.63, 3.8) is 0 Å². The van der Waals surface area contributed by atoms with Gasteiger partial charge in [0.15, 0.2) is 11.5 Å². The highest BCUT2D eigenvalue weighted by Crippen LogP contribution is 2.35. The van der Waals surface area contributed by atoms with Crippen LogP contribution >= 0.6 is 12.2 Å². The van der Waals surface area contributed by atoms with Crippen molar-refractivity contribution in [3.05, 3.63) is 35.0 Å². The molecule has 1 unspecified atom stereocenters. The minimum Gasteiger partial charge on any atom is -0.485 e. The lowest BCUT2D eigenvalue weighted by Crippen LogP contribution is -2.32. The van der Waals surface area contributed by atoms with E-state index < -0.39 is 0 Å². The summed E-state index contributed by atoms with van der Waals surface area (Å²) in [6.07, 6.45) is 3.40. The van der Waals surface area contributed by atoms with Crippen molar-refractivity contribution in [1.29, 1.82) is 0 Å².